The van der Waals surface area contributed by atoms with Gasteiger partial charge in [0.2, 0.25) is 0 Å². The van der Waals surface area contributed by atoms with Gasteiger partial charge in [-0.2, -0.15) is 0 Å². The number of hydrogen-bond donors (Lipinski definition) is 1. The summed E-state index contributed by atoms with van der Waals surface area (Å²) < 4.78 is 0. The average molecular weight is 160 g/mol. The summed E-state index contributed by atoms with van der Waals surface area (Å²) in [6.45, 7) is 8.65. The van der Waals surface area contributed by atoms with Crippen molar-refractivity contribution in [3.63, 3.8) is 0 Å². The predicted octanol–water partition coefficient (Wildman–Crippen LogP) is 2.30. The van der Waals surface area contributed by atoms with Crippen LogP contribution >= 0.6 is 0 Å². The second-order valence-corrected chi connectivity index (χ2v) is 6.52. The zero-order chi connectivity index (χ0) is 8.15. The molecule has 0 radical (unpaired) electrons. The molecule has 0 rings (SSSR count). The monoisotopic (exact) mass is 160 g/mol. The standard InChI is InChI=1S/C8H20OSi/c1-5-7(3)10(9)8(4)6-2/h7-10H,5-6H2,1-4H3. The van der Waals surface area contributed by atoms with Gasteiger partial charge >= 0.3 is 0 Å². The first-order chi connectivity index (χ1) is 4.63. The average Bonchev–Trinajstić information content (AvgIpc) is 2.00. The highest BCUT2D eigenvalue weighted by molar-refractivity contribution is 6.53. The minimum atomic E-state index is -1.39. The summed E-state index contributed by atoms with van der Waals surface area (Å²) in [5, 5.41) is 0. The summed E-state index contributed by atoms with van der Waals surface area (Å²) in [5.41, 5.74) is 1.19. The molecule has 2 unspecified atom stereocenters. The molecule has 2 atom stereocenters. The highest BCUT2D eigenvalue weighted by Gasteiger charge is 2.20. The van der Waals surface area contributed by atoms with Crippen LogP contribution < -0.4 is 0 Å². The lowest BCUT2D eigenvalue weighted by Crippen LogP contribution is -2.22. The molecular formula is C8H20OSi. The SMILES string of the molecule is CCC(C)[SiH](O)C(C)CC. The van der Waals surface area contributed by atoms with E-state index in [9.17, 15) is 4.80 Å². The molecule has 0 heterocycles. The zero-order valence-corrected chi connectivity index (χ0v) is 8.75. The molecule has 62 valence electrons. The van der Waals surface area contributed by atoms with E-state index in [0.717, 1.165) is 12.8 Å². The van der Waals surface area contributed by atoms with Crippen molar-refractivity contribution in [1.82, 2.24) is 0 Å². The van der Waals surface area contributed by atoms with Gasteiger partial charge < -0.3 is 4.80 Å². The van der Waals surface area contributed by atoms with E-state index in [1.54, 1.807) is 0 Å². The Morgan fingerprint density at radius 3 is 1.60 bits per heavy atom. The molecule has 0 aliphatic heterocycles. The van der Waals surface area contributed by atoms with Gasteiger partial charge in [-0.25, -0.2) is 0 Å². The van der Waals surface area contributed by atoms with Crippen molar-refractivity contribution in [1.29, 1.82) is 0 Å². The first-order valence-corrected chi connectivity index (χ1v) is 6.16. The molecule has 0 aliphatic carbocycles. The molecule has 0 aliphatic rings. The molecule has 0 spiro atoms. The van der Waals surface area contributed by atoms with Gasteiger partial charge in [0.15, 0.2) is 9.04 Å². The summed E-state index contributed by atoms with van der Waals surface area (Å²) in [6, 6.07) is 0. The fraction of sp³-hybridized carbons (Fsp3) is 1.00. The van der Waals surface area contributed by atoms with Crippen LogP contribution in [0.25, 0.3) is 0 Å². The van der Waals surface area contributed by atoms with Gasteiger partial charge in [-0.15, -0.1) is 0 Å². The van der Waals surface area contributed by atoms with Gasteiger partial charge in [0, 0.05) is 0 Å². The minimum absolute atomic E-state index is 0.593. The van der Waals surface area contributed by atoms with Gasteiger partial charge in [0.1, 0.15) is 0 Å². The second-order valence-electron chi connectivity index (χ2n) is 3.26. The molecule has 0 amide bonds. The van der Waals surface area contributed by atoms with Crippen LogP contribution in [0.3, 0.4) is 0 Å². The quantitative estimate of drug-likeness (QED) is 0.626. The van der Waals surface area contributed by atoms with Crippen LogP contribution in [-0.4, -0.2) is 13.8 Å². The third-order valence-electron chi connectivity index (χ3n) is 2.45. The van der Waals surface area contributed by atoms with Crippen molar-refractivity contribution in [2.24, 2.45) is 0 Å². The van der Waals surface area contributed by atoms with Gasteiger partial charge in [0.25, 0.3) is 0 Å². The normalized spacial score (nSPS) is 20.1. The van der Waals surface area contributed by atoms with Gasteiger partial charge in [-0.05, 0) is 11.1 Å². The van der Waals surface area contributed by atoms with Crippen molar-refractivity contribution < 1.29 is 4.80 Å². The fourth-order valence-corrected chi connectivity index (χ4v) is 3.13. The van der Waals surface area contributed by atoms with E-state index >= 15 is 0 Å². The second kappa shape index (κ2) is 4.91. The lowest BCUT2D eigenvalue weighted by atomic mass is 10.4. The smallest absolute Gasteiger partial charge is 0.178 e. The third kappa shape index (κ3) is 2.84. The summed E-state index contributed by atoms with van der Waals surface area (Å²) in [5.74, 6) is 0. The highest BCUT2D eigenvalue weighted by Crippen LogP contribution is 2.23. The predicted molar refractivity (Wildman–Crippen MR) is 48.8 cm³/mol. The maximum absolute atomic E-state index is 9.73. The maximum Gasteiger partial charge on any atom is 0.178 e. The topological polar surface area (TPSA) is 20.2 Å². The third-order valence-corrected chi connectivity index (χ3v) is 5.73. The molecule has 1 nitrogen and oxygen atoms in total. The summed E-state index contributed by atoms with van der Waals surface area (Å²) in [6.07, 6.45) is 2.27. The van der Waals surface area contributed by atoms with E-state index < -0.39 is 9.04 Å². The molecule has 10 heavy (non-hydrogen) atoms. The van der Waals surface area contributed by atoms with E-state index in [0.29, 0.717) is 11.1 Å². The summed E-state index contributed by atoms with van der Waals surface area (Å²) in [4.78, 5) is 9.73. The molecule has 1 N–H and O–H groups in total. The highest BCUT2D eigenvalue weighted by atomic mass is 28.3. The molecule has 0 fully saturated rings. The maximum atomic E-state index is 9.73. The van der Waals surface area contributed by atoms with Crippen LogP contribution in [0.5, 0.6) is 0 Å². The number of rotatable bonds is 4. The molecule has 0 aromatic carbocycles. The molecule has 0 aromatic rings. The van der Waals surface area contributed by atoms with E-state index in [4.69, 9.17) is 0 Å². The van der Waals surface area contributed by atoms with Crippen molar-refractivity contribution in [2.45, 2.75) is 51.6 Å². The summed E-state index contributed by atoms with van der Waals surface area (Å²) in [7, 11) is -1.39. The van der Waals surface area contributed by atoms with E-state index in [-0.39, 0.29) is 0 Å². The molecule has 2 heteroatoms. The van der Waals surface area contributed by atoms with Gasteiger partial charge in [-0.1, -0.05) is 40.5 Å². The van der Waals surface area contributed by atoms with Gasteiger partial charge in [-0.3, -0.25) is 0 Å². The Morgan fingerprint density at radius 1 is 1.10 bits per heavy atom. The molecular weight excluding hydrogens is 140 g/mol. The van der Waals surface area contributed by atoms with Crippen LogP contribution in [0, 0.1) is 0 Å². The van der Waals surface area contributed by atoms with Crippen molar-refractivity contribution in [2.75, 3.05) is 0 Å². The first-order valence-electron chi connectivity index (χ1n) is 4.31. The molecule has 0 aromatic heterocycles. The van der Waals surface area contributed by atoms with Crippen LogP contribution in [0.2, 0.25) is 11.1 Å². The van der Waals surface area contributed by atoms with Gasteiger partial charge in [0.05, 0.1) is 0 Å². The van der Waals surface area contributed by atoms with Crippen LogP contribution in [-0.2, 0) is 0 Å². The molecule has 0 saturated heterocycles. The fourth-order valence-electron chi connectivity index (χ4n) is 1.04. The van der Waals surface area contributed by atoms with Crippen molar-refractivity contribution in [3.8, 4) is 0 Å². The lowest BCUT2D eigenvalue weighted by Gasteiger charge is -2.20. The first kappa shape index (κ1) is 10.2. The Morgan fingerprint density at radius 2 is 1.40 bits per heavy atom. The van der Waals surface area contributed by atoms with Crippen LogP contribution in [0.1, 0.15) is 40.5 Å². The Balaban J connectivity index is 3.69. The zero-order valence-electron chi connectivity index (χ0n) is 7.59. The lowest BCUT2D eigenvalue weighted by molar-refractivity contribution is 0.516. The van der Waals surface area contributed by atoms with Crippen molar-refractivity contribution in [3.05, 3.63) is 0 Å². The Kier molecular flexibility index (Phi) is 5.00. The molecule has 0 saturated carbocycles. The van der Waals surface area contributed by atoms with Crippen LogP contribution in [0.15, 0.2) is 0 Å². The summed E-state index contributed by atoms with van der Waals surface area (Å²) >= 11 is 0. The minimum Gasteiger partial charge on any atom is -0.434 e. The van der Waals surface area contributed by atoms with Crippen molar-refractivity contribution >= 4 is 9.04 Å². The van der Waals surface area contributed by atoms with Crippen LogP contribution in [0.4, 0.5) is 0 Å². The van der Waals surface area contributed by atoms with E-state index in [1.165, 1.54) is 0 Å². The van der Waals surface area contributed by atoms with E-state index in [2.05, 4.69) is 27.7 Å². The molecule has 0 bridgehead atoms. The largest absolute Gasteiger partial charge is 0.434 e. The number of hydrogen-bond acceptors (Lipinski definition) is 1. The Bertz CT molecular complexity index is 75.3. The Labute approximate surface area is 66.2 Å². The Hall–Kier alpha value is 0.177. The van der Waals surface area contributed by atoms with E-state index in [1.807, 2.05) is 0 Å².